The fourth-order valence-corrected chi connectivity index (χ4v) is 3.26. The normalized spacial score (nSPS) is 11.3. The molecular weight excluding hydrogens is 270 g/mol. The Morgan fingerprint density at radius 3 is 2.47 bits per heavy atom. The third-order valence-corrected chi connectivity index (χ3v) is 4.83. The van der Waals surface area contributed by atoms with Crippen molar-refractivity contribution < 1.29 is 13.3 Å². The maximum Gasteiger partial charge on any atom is 0.273 e. The first-order valence-corrected chi connectivity index (χ1v) is 6.75. The minimum absolute atomic E-state index is 0.0785. The average molecular weight is 283 g/mol. The third-order valence-electron chi connectivity index (χ3n) is 2.73. The summed E-state index contributed by atoms with van der Waals surface area (Å²) >= 11 is 0. The van der Waals surface area contributed by atoms with Gasteiger partial charge in [0, 0.05) is 18.7 Å². The predicted molar refractivity (Wildman–Crippen MR) is 68.0 cm³/mol. The lowest BCUT2D eigenvalue weighted by Gasteiger charge is -2.17. The Bertz CT molecular complexity index is 661. The highest BCUT2D eigenvalue weighted by atomic mass is 32.2. The molecule has 0 spiro atoms. The quantitative estimate of drug-likeness (QED) is 0.471. The van der Waals surface area contributed by atoms with Gasteiger partial charge in [-0.15, -0.1) is 0 Å². The van der Waals surface area contributed by atoms with Crippen molar-refractivity contribution in [3.63, 3.8) is 0 Å². The van der Waals surface area contributed by atoms with E-state index < -0.39 is 14.9 Å². The van der Waals surface area contributed by atoms with Crippen LogP contribution in [0, 0.1) is 35.3 Å². The molecule has 1 aromatic carbocycles. The Morgan fingerprint density at radius 2 is 2.00 bits per heavy atom. The van der Waals surface area contributed by atoms with Gasteiger partial charge in [0.2, 0.25) is 10.0 Å². The molecule has 8 heteroatoms. The van der Waals surface area contributed by atoms with Crippen molar-refractivity contribution >= 4 is 15.7 Å². The minimum Gasteiger partial charge on any atom is -0.258 e. The van der Waals surface area contributed by atoms with E-state index in [9.17, 15) is 18.5 Å². The third kappa shape index (κ3) is 2.72. The van der Waals surface area contributed by atoms with Gasteiger partial charge in [-0.25, -0.2) is 8.42 Å². The van der Waals surface area contributed by atoms with Gasteiger partial charge in [-0.3, -0.25) is 10.1 Å². The van der Waals surface area contributed by atoms with Crippen molar-refractivity contribution in [1.29, 1.82) is 5.26 Å². The zero-order chi connectivity index (χ0) is 14.8. The predicted octanol–water partition coefficient (Wildman–Crippen LogP) is 1.36. The van der Waals surface area contributed by atoms with Crippen LogP contribution >= 0.6 is 0 Å². The van der Waals surface area contributed by atoms with Crippen LogP contribution in [0.15, 0.2) is 17.0 Å². The number of nitro groups is 1. The highest BCUT2D eigenvalue weighted by Crippen LogP contribution is 2.29. The standard InChI is InChI=1S/C11H13N3O4S/c1-8-4-5-10(14(15)16)9(2)11(8)19(17,18)13(3)7-6-12/h4-5H,7H2,1-3H3. The maximum atomic E-state index is 12.3. The van der Waals surface area contributed by atoms with Crippen LogP contribution in [0.2, 0.25) is 0 Å². The molecular formula is C11H13N3O4S. The molecule has 0 amide bonds. The van der Waals surface area contributed by atoms with Gasteiger partial charge in [0.25, 0.3) is 5.69 Å². The molecule has 0 aliphatic rings. The van der Waals surface area contributed by atoms with Gasteiger partial charge in [-0.2, -0.15) is 9.57 Å². The molecule has 0 saturated carbocycles. The van der Waals surface area contributed by atoms with Crippen molar-refractivity contribution in [2.24, 2.45) is 0 Å². The second-order valence-electron chi connectivity index (χ2n) is 4.03. The number of sulfonamides is 1. The number of nitrogens with zero attached hydrogens (tertiary/aromatic N) is 3. The lowest BCUT2D eigenvalue weighted by Crippen LogP contribution is -2.28. The number of benzene rings is 1. The van der Waals surface area contributed by atoms with Gasteiger partial charge in [-0.1, -0.05) is 6.07 Å². The van der Waals surface area contributed by atoms with E-state index in [2.05, 4.69) is 0 Å². The molecule has 0 saturated heterocycles. The van der Waals surface area contributed by atoms with Gasteiger partial charge in [-0.05, 0) is 19.4 Å². The topological polar surface area (TPSA) is 104 Å². The molecule has 0 atom stereocenters. The number of hydrogen-bond donors (Lipinski definition) is 0. The van der Waals surface area contributed by atoms with Crippen LogP contribution in [-0.2, 0) is 10.0 Å². The number of nitriles is 1. The molecule has 1 aromatic rings. The average Bonchev–Trinajstić information content (AvgIpc) is 2.28. The Labute approximate surface area is 111 Å². The Balaban J connectivity index is 3.56. The van der Waals surface area contributed by atoms with Crippen molar-refractivity contribution in [2.45, 2.75) is 18.7 Å². The fraction of sp³-hybridized carbons (Fsp3) is 0.364. The van der Waals surface area contributed by atoms with Gasteiger partial charge >= 0.3 is 0 Å². The van der Waals surface area contributed by atoms with Crippen LogP contribution in [0.1, 0.15) is 11.1 Å². The van der Waals surface area contributed by atoms with Crippen LogP contribution < -0.4 is 0 Å². The van der Waals surface area contributed by atoms with E-state index in [1.165, 1.54) is 26.1 Å². The fourth-order valence-electron chi connectivity index (χ4n) is 1.75. The van der Waals surface area contributed by atoms with E-state index >= 15 is 0 Å². The first-order chi connectivity index (χ1) is 8.73. The summed E-state index contributed by atoms with van der Waals surface area (Å²) < 4.78 is 25.4. The van der Waals surface area contributed by atoms with Crippen LogP contribution in [0.3, 0.4) is 0 Å². The largest absolute Gasteiger partial charge is 0.273 e. The van der Waals surface area contributed by atoms with Crippen molar-refractivity contribution in [3.05, 3.63) is 33.4 Å². The monoisotopic (exact) mass is 283 g/mol. The first-order valence-electron chi connectivity index (χ1n) is 5.31. The molecule has 0 N–H and O–H groups in total. The van der Waals surface area contributed by atoms with Crippen LogP contribution in [-0.4, -0.2) is 31.2 Å². The summed E-state index contributed by atoms with van der Waals surface area (Å²) in [7, 11) is -2.65. The van der Waals surface area contributed by atoms with E-state index in [-0.39, 0.29) is 22.7 Å². The Morgan fingerprint density at radius 1 is 1.42 bits per heavy atom. The van der Waals surface area contributed by atoms with E-state index in [4.69, 9.17) is 5.26 Å². The van der Waals surface area contributed by atoms with Crippen molar-refractivity contribution in [1.82, 2.24) is 4.31 Å². The summed E-state index contributed by atoms with van der Waals surface area (Å²) in [5.41, 5.74) is 0.234. The maximum absolute atomic E-state index is 12.3. The highest BCUT2D eigenvalue weighted by molar-refractivity contribution is 7.89. The van der Waals surface area contributed by atoms with E-state index in [1.54, 1.807) is 13.0 Å². The zero-order valence-electron chi connectivity index (χ0n) is 10.7. The Kier molecular flexibility index (Phi) is 4.24. The summed E-state index contributed by atoms with van der Waals surface area (Å²) in [5, 5.41) is 19.4. The number of nitro benzene ring substituents is 1. The summed E-state index contributed by atoms with van der Waals surface area (Å²) in [6.07, 6.45) is 0. The number of aryl methyl sites for hydroxylation is 1. The van der Waals surface area contributed by atoms with Gasteiger partial charge in [0.15, 0.2) is 0 Å². The molecule has 0 bridgehead atoms. The molecule has 0 unspecified atom stereocenters. The molecule has 0 fully saturated rings. The lowest BCUT2D eigenvalue weighted by molar-refractivity contribution is -0.385. The van der Waals surface area contributed by atoms with Gasteiger partial charge in [0.05, 0.1) is 15.9 Å². The first kappa shape index (κ1) is 15.1. The second kappa shape index (κ2) is 5.34. The molecule has 1 rings (SSSR count). The molecule has 0 heterocycles. The van der Waals surface area contributed by atoms with Crippen LogP contribution in [0.4, 0.5) is 5.69 Å². The molecule has 0 aliphatic heterocycles. The van der Waals surface area contributed by atoms with Gasteiger partial charge in [0.1, 0.15) is 6.54 Å². The van der Waals surface area contributed by atoms with E-state index in [0.717, 1.165) is 4.31 Å². The molecule has 7 nitrogen and oxygen atoms in total. The number of hydrogen-bond acceptors (Lipinski definition) is 5. The van der Waals surface area contributed by atoms with Crippen LogP contribution in [0.25, 0.3) is 0 Å². The van der Waals surface area contributed by atoms with Crippen molar-refractivity contribution in [2.75, 3.05) is 13.6 Å². The lowest BCUT2D eigenvalue weighted by atomic mass is 10.1. The molecule has 102 valence electrons. The minimum atomic E-state index is -3.91. The highest BCUT2D eigenvalue weighted by Gasteiger charge is 2.28. The van der Waals surface area contributed by atoms with Gasteiger partial charge < -0.3 is 0 Å². The molecule has 0 radical (unpaired) electrons. The smallest absolute Gasteiger partial charge is 0.258 e. The summed E-state index contributed by atoms with van der Waals surface area (Å²) in [6.45, 7) is 2.63. The van der Waals surface area contributed by atoms with E-state index in [0.29, 0.717) is 5.56 Å². The second-order valence-corrected chi connectivity index (χ2v) is 6.01. The Hall–Kier alpha value is -1.98. The summed E-state index contributed by atoms with van der Waals surface area (Å²) in [5.74, 6) is 0. The van der Waals surface area contributed by atoms with Crippen LogP contribution in [0.5, 0.6) is 0 Å². The molecule has 0 aliphatic carbocycles. The summed E-state index contributed by atoms with van der Waals surface area (Å²) in [6, 6.07) is 4.39. The zero-order valence-corrected chi connectivity index (χ0v) is 11.6. The SMILES string of the molecule is Cc1ccc([N+](=O)[O-])c(C)c1S(=O)(=O)N(C)CC#N. The summed E-state index contributed by atoms with van der Waals surface area (Å²) in [4.78, 5) is 10.1. The molecule has 0 aromatic heterocycles. The molecule has 19 heavy (non-hydrogen) atoms. The van der Waals surface area contributed by atoms with E-state index in [1.807, 2.05) is 0 Å². The van der Waals surface area contributed by atoms with Crippen molar-refractivity contribution in [3.8, 4) is 6.07 Å². The number of rotatable bonds is 4.